The van der Waals surface area contributed by atoms with Crippen LogP contribution < -0.4 is 5.32 Å². The Hall–Kier alpha value is -1.28. The van der Waals surface area contributed by atoms with Crippen molar-refractivity contribution in [2.75, 3.05) is 5.32 Å². The van der Waals surface area contributed by atoms with Crippen molar-refractivity contribution >= 4 is 5.69 Å². The Bertz CT molecular complexity index is 367. The highest BCUT2D eigenvalue weighted by Gasteiger charge is 2.04. The molecule has 0 saturated heterocycles. The molecule has 1 atom stereocenters. The molecule has 0 aliphatic carbocycles. The van der Waals surface area contributed by atoms with Gasteiger partial charge >= 0.3 is 0 Å². The van der Waals surface area contributed by atoms with Gasteiger partial charge in [0.15, 0.2) is 0 Å². The molecule has 0 saturated carbocycles. The van der Waals surface area contributed by atoms with Gasteiger partial charge in [-0.25, -0.2) is 0 Å². The van der Waals surface area contributed by atoms with Gasteiger partial charge in [0, 0.05) is 17.3 Å². The first-order chi connectivity index (χ1) is 8.13. The van der Waals surface area contributed by atoms with Gasteiger partial charge in [0.05, 0.1) is 6.61 Å². The maximum absolute atomic E-state index is 9.23. The van der Waals surface area contributed by atoms with Gasteiger partial charge in [0.1, 0.15) is 0 Å². The summed E-state index contributed by atoms with van der Waals surface area (Å²) < 4.78 is 0. The van der Waals surface area contributed by atoms with E-state index < -0.39 is 0 Å². The highest BCUT2D eigenvalue weighted by Crippen LogP contribution is 2.17. The highest BCUT2D eigenvalue weighted by molar-refractivity contribution is 5.51. The summed E-state index contributed by atoms with van der Waals surface area (Å²) in [5.74, 6) is 0. The number of allylic oxidation sites excluding steroid dienone is 2. The lowest BCUT2D eigenvalue weighted by Gasteiger charge is -2.16. The average molecular weight is 233 g/mol. The number of anilines is 1. The highest BCUT2D eigenvalue weighted by atomic mass is 16.3. The van der Waals surface area contributed by atoms with Crippen LogP contribution in [0.2, 0.25) is 0 Å². The van der Waals surface area contributed by atoms with Crippen LogP contribution in [0.1, 0.15) is 39.2 Å². The lowest BCUT2D eigenvalue weighted by molar-refractivity contribution is 0.282. The molecular weight excluding hydrogens is 210 g/mol. The van der Waals surface area contributed by atoms with Gasteiger partial charge in [-0.15, -0.1) is 0 Å². The molecule has 0 bridgehead atoms. The van der Waals surface area contributed by atoms with E-state index in [9.17, 15) is 5.11 Å². The molecule has 1 aromatic rings. The van der Waals surface area contributed by atoms with E-state index in [4.69, 9.17) is 0 Å². The van der Waals surface area contributed by atoms with Crippen molar-refractivity contribution in [3.8, 4) is 0 Å². The number of hydrogen-bond donors (Lipinski definition) is 2. The molecule has 2 nitrogen and oxygen atoms in total. The molecular formula is C15H23NO. The molecule has 0 aromatic heterocycles. The molecule has 0 aliphatic rings. The second-order valence-corrected chi connectivity index (χ2v) is 4.72. The number of para-hydroxylation sites is 1. The number of nitrogens with one attached hydrogen (secondary N) is 1. The second-order valence-electron chi connectivity index (χ2n) is 4.72. The van der Waals surface area contributed by atoms with Crippen LogP contribution in [-0.2, 0) is 6.61 Å². The van der Waals surface area contributed by atoms with Gasteiger partial charge in [0.2, 0.25) is 0 Å². The quantitative estimate of drug-likeness (QED) is 0.734. The predicted molar refractivity (Wildman–Crippen MR) is 74.1 cm³/mol. The summed E-state index contributed by atoms with van der Waals surface area (Å²) in [6, 6.07) is 8.32. The molecule has 0 heterocycles. The van der Waals surface area contributed by atoms with Crippen LogP contribution in [0.25, 0.3) is 0 Å². The van der Waals surface area contributed by atoms with E-state index >= 15 is 0 Å². The van der Waals surface area contributed by atoms with E-state index in [1.165, 1.54) is 5.57 Å². The summed E-state index contributed by atoms with van der Waals surface area (Å²) in [6.07, 6.45) is 4.46. The summed E-state index contributed by atoms with van der Waals surface area (Å²) in [4.78, 5) is 0. The second kappa shape index (κ2) is 7.13. The Morgan fingerprint density at radius 2 is 2.06 bits per heavy atom. The largest absolute Gasteiger partial charge is 0.392 e. The van der Waals surface area contributed by atoms with Crippen LogP contribution in [0, 0.1) is 0 Å². The maximum Gasteiger partial charge on any atom is 0.0701 e. The summed E-state index contributed by atoms with van der Waals surface area (Å²) in [6.45, 7) is 6.51. The molecule has 0 amide bonds. The van der Waals surface area contributed by atoms with Crippen LogP contribution in [0.15, 0.2) is 35.9 Å². The van der Waals surface area contributed by atoms with E-state index in [2.05, 4.69) is 32.2 Å². The minimum absolute atomic E-state index is 0.0872. The van der Waals surface area contributed by atoms with Gasteiger partial charge in [-0.3, -0.25) is 0 Å². The molecule has 0 fully saturated rings. The molecule has 94 valence electrons. The van der Waals surface area contributed by atoms with Gasteiger partial charge in [-0.1, -0.05) is 29.8 Å². The zero-order chi connectivity index (χ0) is 12.7. The van der Waals surface area contributed by atoms with E-state index in [1.807, 2.05) is 24.3 Å². The van der Waals surface area contributed by atoms with E-state index in [1.54, 1.807) is 0 Å². The monoisotopic (exact) mass is 233 g/mol. The van der Waals surface area contributed by atoms with E-state index in [0.29, 0.717) is 6.04 Å². The van der Waals surface area contributed by atoms with Gasteiger partial charge in [-0.05, 0) is 39.7 Å². The standard InChI is InChI=1S/C15H23NO/c1-12(2)7-6-8-13(3)16-15-10-5-4-9-14(15)11-17/h4-5,7,9-10,13,16-17H,6,8,11H2,1-3H3. The Morgan fingerprint density at radius 3 is 2.71 bits per heavy atom. The van der Waals surface area contributed by atoms with Crippen molar-refractivity contribution in [2.24, 2.45) is 0 Å². The van der Waals surface area contributed by atoms with Crippen molar-refractivity contribution in [3.63, 3.8) is 0 Å². The van der Waals surface area contributed by atoms with Crippen LogP contribution in [0.5, 0.6) is 0 Å². The predicted octanol–water partition coefficient (Wildman–Crippen LogP) is 3.73. The molecule has 1 aromatic carbocycles. The van der Waals surface area contributed by atoms with Crippen molar-refractivity contribution in [3.05, 3.63) is 41.5 Å². The first-order valence-electron chi connectivity index (χ1n) is 6.22. The number of rotatable bonds is 6. The molecule has 1 unspecified atom stereocenters. The Balaban J connectivity index is 2.50. The van der Waals surface area contributed by atoms with Crippen LogP contribution in [-0.4, -0.2) is 11.1 Å². The topological polar surface area (TPSA) is 32.3 Å². The Labute approximate surface area is 104 Å². The fourth-order valence-electron chi connectivity index (χ4n) is 1.76. The van der Waals surface area contributed by atoms with E-state index in [-0.39, 0.29) is 6.61 Å². The molecule has 0 radical (unpaired) electrons. The lowest BCUT2D eigenvalue weighted by Crippen LogP contribution is -2.15. The summed E-state index contributed by atoms with van der Waals surface area (Å²) >= 11 is 0. The first kappa shape index (κ1) is 13.8. The normalized spacial score (nSPS) is 12.0. The number of benzene rings is 1. The Morgan fingerprint density at radius 1 is 1.35 bits per heavy atom. The Kier molecular flexibility index (Phi) is 5.78. The minimum atomic E-state index is 0.0872. The van der Waals surface area contributed by atoms with Crippen LogP contribution in [0.4, 0.5) is 5.69 Å². The van der Waals surface area contributed by atoms with Crippen molar-refractivity contribution in [2.45, 2.75) is 46.3 Å². The smallest absolute Gasteiger partial charge is 0.0701 e. The third-order valence-corrected chi connectivity index (χ3v) is 2.74. The molecule has 17 heavy (non-hydrogen) atoms. The number of hydrogen-bond acceptors (Lipinski definition) is 2. The molecule has 2 N–H and O–H groups in total. The summed E-state index contributed by atoms with van der Waals surface area (Å²) in [7, 11) is 0. The zero-order valence-corrected chi connectivity index (χ0v) is 11.0. The molecule has 0 aliphatic heterocycles. The third kappa shape index (κ3) is 5.05. The summed E-state index contributed by atoms with van der Waals surface area (Å²) in [5.41, 5.74) is 3.37. The van der Waals surface area contributed by atoms with Gasteiger partial charge in [-0.2, -0.15) is 0 Å². The number of aliphatic hydroxyl groups is 1. The number of aliphatic hydroxyl groups excluding tert-OH is 1. The lowest BCUT2D eigenvalue weighted by atomic mass is 10.1. The molecule has 2 heteroatoms. The van der Waals surface area contributed by atoms with Crippen molar-refractivity contribution in [1.82, 2.24) is 0 Å². The molecule has 0 spiro atoms. The van der Waals surface area contributed by atoms with Crippen LogP contribution >= 0.6 is 0 Å². The average Bonchev–Trinajstić information content (AvgIpc) is 2.29. The summed E-state index contributed by atoms with van der Waals surface area (Å²) in [5, 5.41) is 12.7. The fourth-order valence-corrected chi connectivity index (χ4v) is 1.76. The van der Waals surface area contributed by atoms with E-state index in [0.717, 1.165) is 24.1 Å². The third-order valence-electron chi connectivity index (χ3n) is 2.74. The zero-order valence-electron chi connectivity index (χ0n) is 11.0. The minimum Gasteiger partial charge on any atom is -0.392 e. The van der Waals surface area contributed by atoms with Crippen molar-refractivity contribution in [1.29, 1.82) is 0 Å². The van der Waals surface area contributed by atoms with Gasteiger partial charge in [0.25, 0.3) is 0 Å². The first-order valence-corrected chi connectivity index (χ1v) is 6.22. The van der Waals surface area contributed by atoms with Gasteiger partial charge < -0.3 is 10.4 Å². The molecule has 1 rings (SSSR count). The maximum atomic E-state index is 9.23. The van der Waals surface area contributed by atoms with Crippen LogP contribution in [0.3, 0.4) is 0 Å². The fraction of sp³-hybridized carbons (Fsp3) is 0.467. The van der Waals surface area contributed by atoms with Crippen molar-refractivity contribution < 1.29 is 5.11 Å². The SMILES string of the molecule is CC(C)=CCCC(C)Nc1ccccc1CO.